The number of phenols is 3. The molecular formula is C13H11NO4. The van der Waals surface area contributed by atoms with Crippen molar-refractivity contribution < 1.29 is 20.1 Å². The Hall–Kier alpha value is -2.69. The largest absolute Gasteiger partial charge is 0.507 e. The fourth-order valence-corrected chi connectivity index (χ4v) is 1.51. The van der Waals surface area contributed by atoms with Crippen molar-refractivity contribution in [2.45, 2.75) is 0 Å². The zero-order valence-electron chi connectivity index (χ0n) is 9.29. The SMILES string of the molecule is O=C(Nc1ccccc1)c1c(O)ccc(O)c1O. The molecule has 0 unspecified atom stereocenters. The number of aromatic hydroxyl groups is 3. The van der Waals surface area contributed by atoms with Crippen LogP contribution in [0.15, 0.2) is 42.5 Å². The van der Waals surface area contributed by atoms with E-state index in [1.165, 1.54) is 0 Å². The normalized spacial score (nSPS) is 10.0. The highest BCUT2D eigenvalue weighted by atomic mass is 16.3. The number of carbonyl (C=O) groups is 1. The first-order valence-electron chi connectivity index (χ1n) is 5.20. The number of para-hydroxylation sites is 1. The molecule has 0 bridgehead atoms. The summed E-state index contributed by atoms with van der Waals surface area (Å²) in [6.07, 6.45) is 0. The van der Waals surface area contributed by atoms with Crippen LogP contribution in [-0.4, -0.2) is 21.2 Å². The lowest BCUT2D eigenvalue weighted by Crippen LogP contribution is -2.12. The Morgan fingerprint density at radius 1 is 0.889 bits per heavy atom. The molecule has 2 aromatic rings. The van der Waals surface area contributed by atoms with Gasteiger partial charge in [-0.15, -0.1) is 0 Å². The van der Waals surface area contributed by atoms with Gasteiger partial charge in [0.1, 0.15) is 11.3 Å². The van der Waals surface area contributed by atoms with Crippen LogP contribution >= 0.6 is 0 Å². The van der Waals surface area contributed by atoms with Crippen LogP contribution in [0.25, 0.3) is 0 Å². The molecule has 0 atom stereocenters. The van der Waals surface area contributed by atoms with Gasteiger partial charge in [-0.2, -0.15) is 0 Å². The third kappa shape index (κ3) is 2.20. The number of nitrogens with one attached hydrogen (secondary N) is 1. The predicted molar refractivity (Wildman–Crippen MR) is 65.8 cm³/mol. The summed E-state index contributed by atoms with van der Waals surface area (Å²) in [5.41, 5.74) is 0.156. The molecular weight excluding hydrogens is 234 g/mol. The van der Waals surface area contributed by atoms with E-state index >= 15 is 0 Å². The number of phenolic OH excluding ortho intramolecular Hbond substituents is 3. The topological polar surface area (TPSA) is 89.8 Å². The zero-order chi connectivity index (χ0) is 13.1. The highest BCUT2D eigenvalue weighted by Gasteiger charge is 2.19. The smallest absolute Gasteiger partial charge is 0.263 e. The number of carbonyl (C=O) groups excluding carboxylic acids is 1. The Labute approximate surface area is 103 Å². The summed E-state index contributed by atoms with van der Waals surface area (Å²) in [7, 11) is 0. The van der Waals surface area contributed by atoms with E-state index in [0.717, 1.165) is 12.1 Å². The maximum Gasteiger partial charge on any atom is 0.263 e. The van der Waals surface area contributed by atoms with Crippen LogP contribution in [0.1, 0.15) is 10.4 Å². The Balaban J connectivity index is 2.33. The number of hydrogen-bond acceptors (Lipinski definition) is 4. The molecule has 2 aromatic carbocycles. The summed E-state index contributed by atoms with van der Waals surface area (Å²) < 4.78 is 0. The molecule has 0 aliphatic heterocycles. The number of rotatable bonds is 2. The Morgan fingerprint density at radius 3 is 2.17 bits per heavy atom. The molecule has 0 radical (unpaired) electrons. The Kier molecular flexibility index (Phi) is 3.05. The molecule has 5 nitrogen and oxygen atoms in total. The van der Waals surface area contributed by atoms with Gasteiger partial charge in [0.2, 0.25) is 0 Å². The molecule has 92 valence electrons. The number of amides is 1. The molecule has 0 spiro atoms. The monoisotopic (exact) mass is 245 g/mol. The van der Waals surface area contributed by atoms with Crippen molar-refractivity contribution in [2.24, 2.45) is 0 Å². The summed E-state index contributed by atoms with van der Waals surface area (Å²) in [5.74, 6) is -2.22. The van der Waals surface area contributed by atoms with Crippen molar-refractivity contribution >= 4 is 11.6 Å². The first kappa shape index (κ1) is 11.8. The fraction of sp³-hybridized carbons (Fsp3) is 0. The van der Waals surface area contributed by atoms with Crippen molar-refractivity contribution in [3.8, 4) is 17.2 Å². The van der Waals surface area contributed by atoms with Crippen LogP contribution in [0, 0.1) is 0 Å². The van der Waals surface area contributed by atoms with E-state index in [-0.39, 0.29) is 5.56 Å². The molecule has 4 N–H and O–H groups in total. The molecule has 2 rings (SSSR count). The summed E-state index contributed by atoms with van der Waals surface area (Å²) in [5, 5.41) is 30.9. The zero-order valence-corrected chi connectivity index (χ0v) is 9.29. The standard InChI is InChI=1S/C13H11NO4/c15-9-6-7-10(16)12(17)11(9)13(18)14-8-4-2-1-3-5-8/h1-7,15-17H,(H,14,18). The Morgan fingerprint density at radius 2 is 1.50 bits per heavy atom. The van der Waals surface area contributed by atoms with Gasteiger partial charge in [-0.3, -0.25) is 4.79 Å². The molecule has 1 amide bonds. The van der Waals surface area contributed by atoms with E-state index in [1.54, 1.807) is 30.3 Å². The summed E-state index contributed by atoms with van der Waals surface area (Å²) >= 11 is 0. The van der Waals surface area contributed by atoms with Crippen molar-refractivity contribution in [1.82, 2.24) is 0 Å². The lowest BCUT2D eigenvalue weighted by molar-refractivity contribution is 0.102. The van der Waals surface area contributed by atoms with Crippen LogP contribution in [0.4, 0.5) is 5.69 Å². The molecule has 0 aliphatic carbocycles. The van der Waals surface area contributed by atoms with Crippen LogP contribution in [0.2, 0.25) is 0 Å². The fourth-order valence-electron chi connectivity index (χ4n) is 1.51. The van der Waals surface area contributed by atoms with Gasteiger partial charge >= 0.3 is 0 Å². The van der Waals surface area contributed by atoms with Crippen molar-refractivity contribution in [3.05, 3.63) is 48.0 Å². The van der Waals surface area contributed by atoms with Gasteiger partial charge in [0.05, 0.1) is 0 Å². The minimum Gasteiger partial charge on any atom is -0.507 e. The van der Waals surface area contributed by atoms with E-state index in [4.69, 9.17) is 0 Å². The van der Waals surface area contributed by atoms with Crippen molar-refractivity contribution in [1.29, 1.82) is 0 Å². The second-order valence-corrected chi connectivity index (χ2v) is 3.65. The van der Waals surface area contributed by atoms with Crippen LogP contribution in [0.3, 0.4) is 0 Å². The van der Waals surface area contributed by atoms with Crippen LogP contribution in [0.5, 0.6) is 17.2 Å². The summed E-state index contributed by atoms with van der Waals surface area (Å²) in [6.45, 7) is 0. The third-order valence-electron chi connectivity index (χ3n) is 2.39. The highest BCUT2D eigenvalue weighted by Crippen LogP contribution is 2.35. The summed E-state index contributed by atoms with van der Waals surface area (Å²) in [4.78, 5) is 11.9. The van der Waals surface area contributed by atoms with Crippen molar-refractivity contribution in [2.75, 3.05) is 5.32 Å². The van der Waals surface area contributed by atoms with Gasteiger partial charge in [0.15, 0.2) is 11.5 Å². The second-order valence-electron chi connectivity index (χ2n) is 3.65. The lowest BCUT2D eigenvalue weighted by atomic mass is 10.1. The van der Waals surface area contributed by atoms with Gasteiger partial charge < -0.3 is 20.6 Å². The molecule has 0 aromatic heterocycles. The minimum absolute atomic E-state index is 0.362. The number of hydrogen-bond donors (Lipinski definition) is 4. The van der Waals surface area contributed by atoms with Gasteiger partial charge in [0.25, 0.3) is 5.91 Å². The molecule has 0 saturated carbocycles. The maximum absolute atomic E-state index is 11.9. The molecule has 0 saturated heterocycles. The van der Waals surface area contributed by atoms with Gasteiger partial charge in [-0.1, -0.05) is 18.2 Å². The average molecular weight is 245 g/mol. The average Bonchev–Trinajstić information content (AvgIpc) is 2.36. The van der Waals surface area contributed by atoms with E-state index in [0.29, 0.717) is 5.69 Å². The summed E-state index contributed by atoms with van der Waals surface area (Å²) in [6, 6.07) is 10.8. The van der Waals surface area contributed by atoms with E-state index in [2.05, 4.69) is 5.32 Å². The van der Waals surface area contributed by atoms with Gasteiger partial charge in [-0.05, 0) is 24.3 Å². The van der Waals surface area contributed by atoms with Crippen LogP contribution in [-0.2, 0) is 0 Å². The lowest BCUT2D eigenvalue weighted by Gasteiger charge is -2.09. The van der Waals surface area contributed by atoms with Gasteiger partial charge in [-0.25, -0.2) is 0 Å². The third-order valence-corrected chi connectivity index (χ3v) is 2.39. The molecule has 0 fully saturated rings. The van der Waals surface area contributed by atoms with E-state index < -0.39 is 23.2 Å². The molecule has 0 heterocycles. The van der Waals surface area contributed by atoms with E-state index in [9.17, 15) is 20.1 Å². The first-order chi connectivity index (χ1) is 8.59. The molecule has 5 heteroatoms. The van der Waals surface area contributed by atoms with Crippen LogP contribution < -0.4 is 5.32 Å². The number of benzene rings is 2. The quantitative estimate of drug-likeness (QED) is 0.481. The molecule has 18 heavy (non-hydrogen) atoms. The second kappa shape index (κ2) is 4.67. The maximum atomic E-state index is 11.9. The predicted octanol–water partition coefficient (Wildman–Crippen LogP) is 2.06. The highest BCUT2D eigenvalue weighted by molar-refractivity contribution is 6.08. The van der Waals surface area contributed by atoms with Gasteiger partial charge in [0, 0.05) is 5.69 Å². The number of anilines is 1. The van der Waals surface area contributed by atoms with E-state index in [1.807, 2.05) is 0 Å². The Bertz CT molecular complexity index is 581. The minimum atomic E-state index is -0.702. The first-order valence-corrected chi connectivity index (χ1v) is 5.20. The van der Waals surface area contributed by atoms with Crippen molar-refractivity contribution in [3.63, 3.8) is 0 Å². The molecule has 0 aliphatic rings.